The molecule has 0 unspecified atom stereocenters. The number of nitrogens with zero attached hydrogens (tertiary/aromatic N) is 1. The number of nitrogens with one attached hydrogen (secondary N) is 2. The Morgan fingerprint density at radius 2 is 1.86 bits per heavy atom. The minimum absolute atomic E-state index is 0.171. The van der Waals surface area contributed by atoms with Crippen molar-refractivity contribution in [3.63, 3.8) is 0 Å². The van der Waals surface area contributed by atoms with Gasteiger partial charge >= 0.3 is 0 Å². The third kappa shape index (κ3) is 3.81. The van der Waals surface area contributed by atoms with Gasteiger partial charge in [-0.2, -0.15) is 0 Å². The molecule has 2 N–H and O–H groups in total. The van der Waals surface area contributed by atoms with E-state index in [9.17, 15) is 19.7 Å². The minimum Gasteiger partial charge on any atom is -0.267 e. The first kappa shape index (κ1) is 16.4. The zero-order valence-corrected chi connectivity index (χ0v) is 13.8. The molecule has 0 fully saturated rings. The number of rotatable bonds is 3. The van der Waals surface area contributed by atoms with E-state index in [-0.39, 0.29) is 10.6 Å². The summed E-state index contributed by atoms with van der Waals surface area (Å²) in [6, 6.07) is 6.83. The molecule has 22 heavy (non-hydrogen) atoms. The first-order valence-electron chi connectivity index (χ1n) is 5.68. The molecule has 0 radical (unpaired) electrons. The number of hydrogen-bond donors (Lipinski definition) is 2. The normalized spacial score (nSPS) is 10.1. The third-order valence-electron chi connectivity index (χ3n) is 2.49. The van der Waals surface area contributed by atoms with Crippen LogP contribution in [0.25, 0.3) is 0 Å². The molecule has 0 aliphatic carbocycles. The summed E-state index contributed by atoms with van der Waals surface area (Å²) in [5, 5.41) is 11.1. The lowest BCUT2D eigenvalue weighted by Gasteiger charge is -2.07. The van der Waals surface area contributed by atoms with Crippen LogP contribution in [0.5, 0.6) is 0 Å². The van der Waals surface area contributed by atoms with Gasteiger partial charge in [0.25, 0.3) is 17.5 Å². The molecule has 0 spiro atoms. The maximum atomic E-state index is 12.0. The highest BCUT2D eigenvalue weighted by atomic mass is 79.9. The zero-order chi connectivity index (χ0) is 16.3. The molecule has 114 valence electrons. The van der Waals surface area contributed by atoms with Gasteiger partial charge in [-0.1, -0.05) is 11.6 Å². The first-order chi connectivity index (χ1) is 10.4. The van der Waals surface area contributed by atoms with E-state index in [1.807, 2.05) is 0 Å². The standard InChI is InChI=1S/C12H7BrClN3O4S/c13-10-4-3-9(22-10)12(19)16-15-11(18)7-5-6(14)1-2-8(7)17(20)21/h1-5H,(H,15,18)(H,16,19). The molecule has 0 saturated heterocycles. The van der Waals surface area contributed by atoms with E-state index >= 15 is 0 Å². The van der Waals surface area contributed by atoms with Gasteiger partial charge in [0, 0.05) is 11.1 Å². The van der Waals surface area contributed by atoms with Gasteiger partial charge in [-0.05, 0) is 40.2 Å². The largest absolute Gasteiger partial charge is 0.282 e. The van der Waals surface area contributed by atoms with Crippen molar-refractivity contribution in [1.82, 2.24) is 10.9 Å². The minimum atomic E-state index is -0.835. The van der Waals surface area contributed by atoms with Gasteiger partial charge in [0.1, 0.15) is 5.56 Å². The number of carbonyl (C=O) groups is 2. The third-order valence-corrected chi connectivity index (χ3v) is 4.34. The predicted octanol–water partition coefficient (Wildman–Crippen LogP) is 3.15. The predicted molar refractivity (Wildman–Crippen MR) is 85.1 cm³/mol. The SMILES string of the molecule is O=C(NNC(=O)c1cc(Cl)ccc1[N+](=O)[O-])c1ccc(Br)s1. The van der Waals surface area contributed by atoms with Crippen LogP contribution in [0, 0.1) is 10.1 Å². The van der Waals surface area contributed by atoms with Crippen LogP contribution in [-0.4, -0.2) is 16.7 Å². The number of amides is 2. The highest BCUT2D eigenvalue weighted by molar-refractivity contribution is 9.11. The summed E-state index contributed by atoms with van der Waals surface area (Å²) in [6.07, 6.45) is 0. The molecule has 0 atom stereocenters. The van der Waals surface area contributed by atoms with Crippen molar-refractivity contribution < 1.29 is 14.5 Å². The van der Waals surface area contributed by atoms with Gasteiger partial charge in [0.2, 0.25) is 0 Å². The second-order valence-corrected chi connectivity index (χ2v) is 6.83. The van der Waals surface area contributed by atoms with E-state index in [1.165, 1.54) is 17.4 Å². The second-order valence-electron chi connectivity index (χ2n) is 3.93. The van der Waals surface area contributed by atoms with Crippen LogP contribution in [0.15, 0.2) is 34.1 Å². The molecule has 1 heterocycles. The Morgan fingerprint density at radius 1 is 1.18 bits per heavy atom. The van der Waals surface area contributed by atoms with E-state index in [0.717, 1.165) is 15.9 Å². The number of halogens is 2. The average Bonchev–Trinajstić information content (AvgIpc) is 2.90. The lowest BCUT2D eigenvalue weighted by molar-refractivity contribution is -0.385. The smallest absolute Gasteiger partial charge is 0.267 e. The van der Waals surface area contributed by atoms with Crippen molar-refractivity contribution in [2.24, 2.45) is 0 Å². The maximum absolute atomic E-state index is 12.0. The van der Waals surface area contributed by atoms with Crippen LogP contribution >= 0.6 is 38.9 Å². The highest BCUT2D eigenvalue weighted by Crippen LogP contribution is 2.23. The summed E-state index contributed by atoms with van der Waals surface area (Å²) in [5.41, 5.74) is 3.65. The number of benzene rings is 1. The molecular weight excluding hydrogens is 398 g/mol. The Morgan fingerprint density at radius 3 is 2.45 bits per heavy atom. The number of thiophene rings is 1. The van der Waals surface area contributed by atoms with Gasteiger partial charge in [0.05, 0.1) is 13.6 Å². The fraction of sp³-hybridized carbons (Fsp3) is 0. The first-order valence-corrected chi connectivity index (χ1v) is 7.67. The molecule has 1 aromatic carbocycles. The monoisotopic (exact) mass is 403 g/mol. The molecule has 0 aliphatic rings. The van der Waals surface area contributed by atoms with E-state index < -0.39 is 22.4 Å². The van der Waals surface area contributed by atoms with Gasteiger partial charge in [-0.3, -0.25) is 30.6 Å². The fourth-order valence-corrected chi connectivity index (χ4v) is 2.98. The van der Waals surface area contributed by atoms with Gasteiger partial charge in [-0.25, -0.2) is 0 Å². The average molecular weight is 405 g/mol. The Hall–Kier alpha value is -1.97. The van der Waals surface area contributed by atoms with Crippen molar-refractivity contribution in [3.05, 3.63) is 59.7 Å². The van der Waals surface area contributed by atoms with Gasteiger partial charge < -0.3 is 0 Å². The Kier molecular flexibility index (Phi) is 5.11. The number of hydrogen-bond acceptors (Lipinski definition) is 5. The molecule has 2 rings (SSSR count). The molecule has 2 amide bonds. The summed E-state index contributed by atoms with van der Waals surface area (Å²) in [5.74, 6) is -1.37. The van der Waals surface area contributed by atoms with E-state index in [1.54, 1.807) is 12.1 Å². The highest BCUT2D eigenvalue weighted by Gasteiger charge is 2.21. The Labute approximate surface area is 141 Å². The van der Waals surface area contributed by atoms with Crippen LogP contribution < -0.4 is 10.9 Å². The molecule has 2 aromatic rings. The molecule has 1 aromatic heterocycles. The van der Waals surface area contributed by atoms with E-state index in [2.05, 4.69) is 26.8 Å². The lowest BCUT2D eigenvalue weighted by Crippen LogP contribution is -2.41. The van der Waals surface area contributed by atoms with E-state index in [4.69, 9.17) is 11.6 Å². The van der Waals surface area contributed by atoms with E-state index in [0.29, 0.717) is 4.88 Å². The van der Waals surface area contributed by atoms with Crippen LogP contribution in [0.3, 0.4) is 0 Å². The van der Waals surface area contributed by atoms with Crippen molar-refractivity contribution in [2.75, 3.05) is 0 Å². The Bertz CT molecular complexity index is 765. The summed E-state index contributed by atoms with van der Waals surface area (Å²) < 4.78 is 0.759. The topological polar surface area (TPSA) is 101 Å². The lowest BCUT2D eigenvalue weighted by atomic mass is 10.2. The number of nitro benzene ring substituents is 1. The fourth-order valence-electron chi connectivity index (χ4n) is 1.53. The molecule has 0 bridgehead atoms. The molecule has 0 saturated carbocycles. The maximum Gasteiger partial charge on any atom is 0.282 e. The van der Waals surface area contributed by atoms with Crippen molar-refractivity contribution >= 4 is 56.4 Å². The van der Waals surface area contributed by atoms with Crippen LogP contribution in [0.2, 0.25) is 5.02 Å². The van der Waals surface area contributed by atoms with Crippen LogP contribution in [0.1, 0.15) is 20.0 Å². The quantitative estimate of drug-likeness (QED) is 0.606. The Balaban J connectivity index is 2.11. The number of hydrazine groups is 1. The molecule has 7 nitrogen and oxygen atoms in total. The molecular formula is C12H7BrClN3O4S. The van der Waals surface area contributed by atoms with Crippen LogP contribution in [-0.2, 0) is 0 Å². The summed E-state index contributed by atoms with van der Waals surface area (Å²) in [7, 11) is 0. The zero-order valence-electron chi connectivity index (χ0n) is 10.6. The van der Waals surface area contributed by atoms with Crippen molar-refractivity contribution in [3.8, 4) is 0 Å². The summed E-state index contributed by atoms with van der Waals surface area (Å²) in [6.45, 7) is 0. The number of nitro groups is 1. The van der Waals surface area contributed by atoms with Gasteiger partial charge in [-0.15, -0.1) is 11.3 Å². The summed E-state index contributed by atoms with van der Waals surface area (Å²) >= 11 is 10.1. The van der Waals surface area contributed by atoms with Crippen molar-refractivity contribution in [1.29, 1.82) is 0 Å². The molecule has 10 heteroatoms. The second kappa shape index (κ2) is 6.86. The summed E-state index contributed by atoms with van der Waals surface area (Å²) in [4.78, 5) is 34.3. The van der Waals surface area contributed by atoms with Crippen molar-refractivity contribution in [2.45, 2.75) is 0 Å². The molecule has 0 aliphatic heterocycles. The van der Waals surface area contributed by atoms with Gasteiger partial charge in [0.15, 0.2) is 0 Å². The number of carbonyl (C=O) groups excluding carboxylic acids is 2. The van der Waals surface area contributed by atoms with Crippen LogP contribution in [0.4, 0.5) is 5.69 Å².